The highest BCUT2D eigenvalue weighted by Crippen LogP contribution is 2.29. The quantitative estimate of drug-likeness (QED) is 0.501. The van der Waals surface area contributed by atoms with Crippen molar-refractivity contribution in [3.8, 4) is 22.5 Å². The highest BCUT2D eigenvalue weighted by molar-refractivity contribution is 14.1. The molecule has 0 bridgehead atoms. The summed E-state index contributed by atoms with van der Waals surface area (Å²) in [5.74, 6) is 0.578. The molecule has 23 heavy (non-hydrogen) atoms. The topological polar surface area (TPSA) is 56.2 Å². The molecule has 2 heterocycles. The van der Waals surface area contributed by atoms with Gasteiger partial charge >= 0.3 is 0 Å². The summed E-state index contributed by atoms with van der Waals surface area (Å²) in [5.41, 5.74) is 10.8. The molecule has 4 nitrogen and oxygen atoms in total. The van der Waals surface area contributed by atoms with Gasteiger partial charge < -0.3 is 5.73 Å². The standard InChI is InChI=1S/C18H13IN4/c19-16-17(13-9-5-2-6-10-13)22-23-15(20)11-14(21-18(16)23)12-7-3-1-4-8-12/h1-11H,20H2. The predicted octanol–water partition coefficient (Wildman–Crippen LogP) is 4.25. The summed E-state index contributed by atoms with van der Waals surface area (Å²) >= 11 is 2.29. The molecule has 0 aliphatic heterocycles. The van der Waals surface area contributed by atoms with Crippen molar-refractivity contribution in [2.24, 2.45) is 0 Å². The van der Waals surface area contributed by atoms with Crippen molar-refractivity contribution in [2.75, 3.05) is 5.73 Å². The van der Waals surface area contributed by atoms with E-state index in [4.69, 9.17) is 10.7 Å². The Morgan fingerprint density at radius 3 is 2.13 bits per heavy atom. The number of benzene rings is 2. The summed E-state index contributed by atoms with van der Waals surface area (Å²) in [6, 6.07) is 22.0. The van der Waals surface area contributed by atoms with Crippen LogP contribution < -0.4 is 5.73 Å². The van der Waals surface area contributed by atoms with Gasteiger partial charge in [-0.3, -0.25) is 0 Å². The van der Waals surface area contributed by atoms with E-state index >= 15 is 0 Å². The van der Waals surface area contributed by atoms with Crippen LogP contribution in [0.15, 0.2) is 66.7 Å². The van der Waals surface area contributed by atoms with Crippen LogP contribution in [0.25, 0.3) is 28.2 Å². The average molecular weight is 412 g/mol. The summed E-state index contributed by atoms with van der Waals surface area (Å²) < 4.78 is 2.70. The largest absolute Gasteiger partial charge is 0.384 e. The molecule has 0 saturated heterocycles. The number of nitrogen functional groups attached to an aromatic ring is 1. The van der Waals surface area contributed by atoms with E-state index in [0.717, 1.165) is 31.7 Å². The Balaban J connectivity index is 1.95. The molecule has 5 heteroatoms. The van der Waals surface area contributed by atoms with Gasteiger partial charge in [0, 0.05) is 17.2 Å². The van der Waals surface area contributed by atoms with Crippen LogP contribution in [0.3, 0.4) is 0 Å². The Kier molecular flexibility index (Phi) is 3.49. The van der Waals surface area contributed by atoms with Crippen molar-refractivity contribution in [3.05, 3.63) is 70.3 Å². The summed E-state index contributed by atoms with van der Waals surface area (Å²) in [5, 5.41) is 4.64. The lowest BCUT2D eigenvalue weighted by molar-refractivity contribution is 0.957. The molecule has 4 rings (SSSR count). The van der Waals surface area contributed by atoms with Crippen molar-refractivity contribution < 1.29 is 0 Å². The minimum Gasteiger partial charge on any atom is -0.384 e. The van der Waals surface area contributed by atoms with Crippen LogP contribution >= 0.6 is 22.6 Å². The van der Waals surface area contributed by atoms with Crippen LogP contribution in [0.4, 0.5) is 5.82 Å². The number of fused-ring (bicyclic) bond motifs is 1. The number of hydrogen-bond donors (Lipinski definition) is 1. The first-order valence-corrected chi connectivity index (χ1v) is 8.27. The predicted molar refractivity (Wildman–Crippen MR) is 101 cm³/mol. The van der Waals surface area contributed by atoms with Gasteiger partial charge in [-0.25, -0.2) is 4.98 Å². The molecule has 2 aromatic carbocycles. The van der Waals surface area contributed by atoms with Gasteiger partial charge in [-0.05, 0) is 22.6 Å². The minimum absolute atomic E-state index is 0.578. The molecule has 0 spiro atoms. The van der Waals surface area contributed by atoms with Crippen molar-refractivity contribution in [1.82, 2.24) is 14.6 Å². The zero-order valence-corrected chi connectivity index (χ0v) is 14.3. The molecular weight excluding hydrogens is 399 g/mol. The van der Waals surface area contributed by atoms with Gasteiger partial charge in [0.2, 0.25) is 0 Å². The number of anilines is 1. The highest BCUT2D eigenvalue weighted by atomic mass is 127. The summed E-state index contributed by atoms with van der Waals surface area (Å²) in [7, 11) is 0. The van der Waals surface area contributed by atoms with E-state index in [0.29, 0.717) is 5.82 Å². The van der Waals surface area contributed by atoms with Crippen molar-refractivity contribution in [1.29, 1.82) is 0 Å². The highest BCUT2D eigenvalue weighted by Gasteiger charge is 2.16. The van der Waals surface area contributed by atoms with E-state index in [2.05, 4.69) is 27.7 Å². The average Bonchev–Trinajstić information content (AvgIpc) is 2.94. The van der Waals surface area contributed by atoms with Crippen LogP contribution in [0.1, 0.15) is 0 Å². The maximum Gasteiger partial charge on any atom is 0.172 e. The second-order valence-electron chi connectivity index (χ2n) is 5.20. The van der Waals surface area contributed by atoms with Gasteiger partial charge in [0.25, 0.3) is 0 Å². The van der Waals surface area contributed by atoms with E-state index in [1.807, 2.05) is 66.7 Å². The smallest absolute Gasteiger partial charge is 0.172 e. The molecule has 0 unspecified atom stereocenters. The summed E-state index contributed by atoms with van der Waals surface area (Å²) in [6.45, 7) is 0. The van der Waals surface area contributed by atoms with E-state index in [9.17, 15) is 0 Å². The molecular formula is C18H13IN4. The number of nitrogens with zero attached hydrogens (tertiary/aromatic N) is 3. The third kappa shape index (κ3) is 2.46. The van der Waals surface area contributed by atoms with Gasteiger partial charge in [-0.2, -0.15) is 9.61 Å². The third-order valence-corrected chi connectivity index (χ3v) is 4.67. The summed E-state index contributed by atoms with van der Waals surface area (Å²) in [6.07, 6.45) is 0. The van der Waals surface area contributed by atoms with Crippen molar-refractivity contribution in [3.63, 3.8) is 0 Å². The maximum absolute atomic E-state index is 6.21. The van der Waals surface area contributed by atoms with Crippen LogP contribution in [-0.2, 0) is 0 Å². The zero-order valence-electron chi connectivity index (χ0n) is 12.1. The first-order valence-electron chi connectivity index (χ1n) is 7.19. The Morgan fingerprint density at radius 2 is 1.48 bits per heavy atom. The monoisotopic (exact) mass is 412 g/mol. The van der Waals surface area contributed by atoms with Gasteiger partial charge in [0.1, 0.15) is 11.5 Å². The number of nitrogens with two attached hydrogens (primary N) is 1. The minimum atomic E-state index is 0.578. The molecule has 112 valence electrons. The maximum atomic E-state index is 6.21. The lowest BCUT2D eigenvalue weighted by Gasteiger charge is -2.04. The second kappa shape index (κ2) is 5.66. The van der Waals surface area contributed by atoms with Crippen molar-refractivity contribution >= 4 is 34.1 Å². The Labute approximate surface area is 147 Å². The van der Waals surface area contributed by atoms with Crippen LogP contribution in [-0.4, -0.2) is 14.6 Å². The van der Waals surface area contributed by atoms with E-state index in [1.54, 1.807) is 4.52 Å². The van der Waals surface area contributed by atoms with E-state index < -0.39 is 0 Å². The van der Waals surface area contributed by atoms with E-state index in [1.165, 1.54) is 0 Å². The van der Waals surface area contributed by atoms with E-state index in [-0.39, 0.29) is 0 Å². The molecule has 0 saturated carbocycles. The molecule has 2 aromatic heterocycles. The molecule has 0 radical (unpaired) electrons. The lowest BCUT2D eigenvalue weighted by Crippen LogP contribution is -2.01. The second-order valence-corrected chi connectivity index (χ2v) is 6.28. The van der Waals surface area contributed by atoms with Gasteiger partial charge in [0.05, 0.1) is 9.26 Å². The normalized spacial score (nSPS) is 11.0. The van der Waals surface area contributed by atoms with Crippen LogP contribution in [0.5, 0.6) is 0 Å². The zero-order chi connectivity index (χ0) is 15.8. The SMILES string of the molecule is Nc1cc(-c2ccccc2)nc2c(I)c(-c3ccccc3)nn12. The lowest BCUT2D eigenvalue weighted by atomic mass is 10.1. The molecule has 0 amide bonds. The van der Waals surface area contributed by atoms with Gasteiger partial charge in [0.15, 0.2) is 5.65 Å². The Bertz CT molecular complexity index is 978. The molecule has 0 fully saturated rings. The van der Waals surface area contributed by atoms with Crippen LogP contribution in [0, 0.1) is 3.57 Å². The molecule has 4 aromatic rings. The molecule has 2 N–H and O–H groups in total. The molecule has 0 aliphatic rings. The first-order chi connectivity index (χ1) is 11.2. The number of halogens is 1. The van der Waals surface area contributed by atoms with Crippen LogP contribution in [0.2, 0.25) is 0 Å². The fourth-order valence-corrected chi connectivity index (χ4v) is 3.32. The Morgan fingerprint density at radius 1 is 0.870 bits per heavy atom. The number of rotatable bonds is 2. The summed E-state index contributed by atoms with van der Waals surface area (Å²) in [4.78, 5) is 4.76. The van der Waals surface area contributed by atoms with Crippen molar-refractivity contribution in [2.45, 2.75) is 0 Å². The van der Waals surface area contributed by atoms with Gasteiger partial charge in [-0.15, -0.1) is 0 Å². The van der Waals surface area contributed by atoms with Gasteiger partial charge in [-0.1, -0.05) is 60.7 Å². The fraction of sp³-hybridized carbons (Fsp3) is 0. The molecule has 0 atom stereocenters. The fourth-order valence-electron chi connectivity index (χ4n) is 2.55. The number of hydrogen-bond acceptors (Lipinski definition) is 3. The molecule has 0 aliphatic carbocycles. The number of aromatic nitrogens is 3. The first kappa shape index (κ1) is 14.2. The third-order valence-electron chi connectivity index (χ3n) is 3.68. The Hall–Kier alpha value is -2.41.